The van der Waals surface area contributed by atoms with Crippen LogP contribution >= 0.6 is 0 Å². The highest BCUT2D eigenvalue weighted by atomic mass is 16.5. The Hall–Kier alpha value is -3.67. The highest BCUT2D eigenvalue weighted by Gasteiger charge is 2.16. The molecule has 0 aliphatic heterocycles. The fourth-order valence-electron chi connectivity index (χ4n) is 2.88. The van der Waals surface area contributed by atoms with Crippen molar-refractivity contribution in [3.63, 3.8) is 0 Å². The van der Waals surface area contributed by atoms with Gasteiger partial charge < -0.3 is 9.84 Å². The third kappa shape index (κ3) is 2.67. The number of para-hydroxylation sites is 2. The predicted molar refractivity (Wildman–Crippen MR) is 97.8 cm³/mol. The first-order chi connectivity index (χ1) is 12.7. The fourth-order valence-corrected chi connectivity index (χ4v) is 2.88. The number of pyridine rings is 1. The topological polar surface area (TPSA) is 77.2 Å². The second-order valence-electron chi connectivity index (χ2n) is 5.69. The molecule has 0 atom stereocenters. The SMILES string of the molecule is COc1ccc(-n2c(-c3cc(C(=O)O)ccn3)nc3ccccc32)cc1. The Balaban J connectivity index is 1.97. The summed E-state index contributed by atoms with van der Waals surface area (Å²) in [4.78, 5) is 20.3. The van der Waals surface area contributed by atoms with E-state index < -0.39 is 5.97 Å². The van der Waals surface area contributed by atoms with E-state index >= 15 is 0 Å². The lowest BCUT2D eigenvalue weighted by Gasteiger charge is -2.10. The monoisotopic (exact) mass is 345 g/mol. The minimum Gasteiger partial charge on any atom is -0.497 e. The van der Waals surface area contributed by atoms with E-state index in [1.807, 2.05) is 53.1 Å². The Morgan fingerprint density at radius 3 is 2.58 bits per heavy atom. The Morgan fingerprint density at radius 1 is 1.08 bits per heavy atom. The van der Waals surface area contributed by atoms with Crippen molar-refractivity contribution < 1.29 is 14.6 Å². The first-order valence-corrected chi connectivity index (χ1v) is 7.99. The number of imidazole rings is 1. The molecule has 2 aromatic carbocycles. The van der Waals surface area contributed by atoms with Crippen LogP contribution in [0.5, 0.6) is 5.75 Å². The minimum absolute atomic E-state index is 0.170. The summed E-state index contributed by atoms with van der Waals surface area (Å²) in [7, 11) is 1.62. The van der Waals surface area contributed by atoms with Crippen LogP contribution in [0.1, 0.15) is 10.4 Å². The molecule has 0 radical (unpaired) electrons. The summed E-state index contributed by atoms with van der Waals surface area (Å²) in [5.74, 6) is 0.339. The molecule has 6 heteroatoms. The molecule has 0 unspecified atom stereocenters. The number of methoxy groups -OCH3 is 1. The number of hydrogen-bond acceptors (Lipinski definition) is 4. The molecule has 0 fully saturated rings. The third-order valence-electron chi connectivity index (χ3n) is 4.13. The smallest absolute Gasteiger partial charge is 0.335 e. The Labute approximate surface area is 149 Å². The van der Waals surface area contributed by atoms with Crippen LogP contribution in [-0.4, -0.2) is 32.7 Å². The average Bonchev–Trinajstić information content (AvgIpc) is 3.08. The quantitative estimate of drug-likeness (QED) is 0.609. The van der Waals surface area contributed by atoms with Gasteiger partial charge >= 0.3 is 5.97 Å². The number of nitrogens with zero attached hydrogens (tertiary/aromatic N) is 3. The molecule has 0 saturated heterocycles. The molecule has 0 aliphatic carbocycles. The summed E-state index contributed by atoms with van der Waals surface area (Å²) in [5, 5.41) is 9.27. The van der Waals surface area contributed by atoms with E-state index in [0.29, 0.717) is 11.5 Å². The largest absolute Gasteiger partial charge is 0.497 e. The molecule has 0 bridgehead atoms. The van der Waals surface area contributed by atoms with Crippen LogP contribution in [0.2, 0.25) is 0 Å². The molecule has 2 heterocycles. The van der Waals surface area contributed by atoms with Gasteiger partial charge in [0, 0.05) is 11.9 Å². The highest BCUT2D eigenvalue weighted by Crippen LogP contribution is 2.28. The molecule has 26 heavy (non-hydrogen) atoms. The van der Waals surface area contributed by atoms with Crippen molar-refractivity contribution in [1.82, 2.24) is 14.5 Å². The maximum atomic E-state index is 11.3. The van der Waals surface area contributed by atoms with Crippen molar-refractivity contribution in [3.8, 4) is 23.0 Å². The van der Waals surface area contributed by atoms with Crippen LogP contribution < -0.4 is 4.74 Å². The van der Waals surface area contributed by atoms with Gasteiger partial charge in [0.15, 0.2) is 5.82 Å². The summed E-state index contributed by atoms with van der Waals surface area (Å²) in [5.41, 5.74) is 3.27. The number of benzene rings is 2. The number of fused-ring (bicyclic) bond motifs is 1. The van der Waals surface area contributed by atoms with E-state index in [0.717, 1.165) is 22.5 Å². The number of carboxylic acids is 1. The Morgan fingerprint density at radius 2 is 1.85 bits per heavy atom. The van der Waals surface area contributed by atoms with E-state index in [2.05, 4.69) is 9.97 Å². The van der Waals surface area contributed by atoms with Crippen molar-refractivity contribution >= 4 is 17.0 Å². The van der Waals surface area contributed by atoms with Crippen molar-refractivity contribution in [2.75, 3.05) is 7.11 Å². The molecule has 0 aliphatic rings. The average molecular weight is 345 g/mol. The number of carboxylic acid groups (broad SMARTS) is 1. The summed E-state index contributed by atoms with van der Waals surface area (Å²) < 4.78 is 7.19. The van der Waals surface area contributed by atoms with Crippen LogP contribution in [0.25, 0.3) is 28.2 Å². The van der Waals surface area contributed by atoms with Crippen LogP contribution in [-0.2, 0) is 0 Å². The van der Waals surface area contributed by atoms with Gasteiger partial charge in [-0.05, 0) is 48.5 Å². The van der Waals surface area contributed by atoms with Gasteiger partial charge in [0.1, 0.15) is 11.4 Å². The van der Waals surface area contributed by atoms with Crippen molar-refractivity contribution in [1.29, 1.82) is 0 Å². The zero-order chi connectivity index (χ0) is 18.1. The Bertz CT molecular complexity index is 1100. The van der Waals surface area contributed by atoms with E-state index in [9.17, 15) is 9.90 Å². The van der Waals surface area contributed by atoms with Crippen LogP contribution in [0.15, 0.2) is 66.9 Å². The van der Waals surface area contributed by atoms with E-state index in [1.165, 1.54) is 18.3 Å². The Kier molecular flexibility index (Phi) is 3.85. The summed E-state index contributed by atoms with van der Waals surface area (Å²) in [6.45, 7) is 0. The summed E-state index contributed by atoms with van der Waals surface area (Å²) in [6, 6.07) is 18.3. The van der Waals surface area contributed by atoms with Crippen molar-refractivity contribution in [3.05, 3.63) is 72.4 Å². The zero-order valence-electron chi connectivity index (χ0n) is 14.0. The molecular weight excluding hydrogens is 330 g/mol. The molecule has 4 aromatic rings. The van der Waals surface area contributed by atoms with Gasteiger partial charge in [0.25, 0.3) is 0 Å². The highest BCUT2D eigenvalue weighted by molar-refractivity contribution is 5.89. The number of rotatable bonds is 4. The lowest BCUT2D eigenvalue weighted by atomic mass is 10.2. The van der Waals surface area contributed by atoms with Gasteiger partial charge in [-0.3, -0.25) is 9.55 Å². The standard InChI is InChI=1S/C20H15N3O3/c1-26-15-8-6-14(7-9-15)23-18-5-3-2-4-16(18)22-19(23)17-12-13(20(24)25)10-11-21-17/h2-12H,1H3,(H,24,25). The summed E-state index contributed by atoms with van der Waals surface area (Å²) >= 11 is 0. The lowest BCUT2D eigenvalue weighted by molar-refractivity contribution is 0.0697. The van der Waals surface area contributed by atoms with Crippen molar-refractivity contribution in [2.45, 2.75) is 0 Å². The first-order valence-electron chi connectivity index (χ1n) is 7.99. The van der Waals surface area contributed by atoms with Crippen molar-refractivity contribution in [2.24, 2.45) is 0 Å². The molecule has 1 N–H and O–H groups in total. The van der Waals surface area contributed by atoms with Gasteiger partial charge in [0.05, 0.1) is 23.7 Å². The maximum absolute atomic E-state index is 11.3. The maximum Gasteiger partial charge on any atom is 0.335 e. The van der Waals surface area contributed by atoms with E-state index in [4.69, 9.17) is 4.74 Å². The fraction of sp³-hybridized carbons (Fsp3) is 0.0500. The zero-order valence-corrected chi connectivity index (χ0v) is 14.0. The van der Waals surface area contributed by atoms with Gasteiger partial charge in [-0.1, -0.05) is 12.1 Å². The predicted octanol–water partition coefficient (Wildman–Crippen LogP) is 3.79. The second-order valence-corrected chi connectivity index (χ2v) is 5.69. The molecular formula is C20H15N3O3. The number of ether oxygens (including phenoxy) is 1. The number of aromatic carboxylic acids is 1. The number of carbonyl (C=O) groups is 1. The number of hydrogen-bond donors (Lipinski definition) is 1. The summed E-state index contributed by atoms with van der Waals surface area (Å²) in [6.07, 6.45) is 1.48. The van der Waals surface area contributed by atoms with Crippen LogP contribution in [0.4, 0.5) is 0 Å². The molecule has 0 amide bonds. The first kappa shape index (κ1) is 15.8. The molecule has 2 aromatic heterocycles. The van der Waals surface area contributed by atoms with Gasteiger partial charge in [-0.25, -0.2) is 9.78 Å². The lowest BCUT2D eigenvalue weighted by Crippen LogP contribution is -2.01. The third-order valence-corrected chi connectivity index (χ3v) is 4.13. The van der Waals surface area contributed by atoms with Gasteiger partial charge in [-0.15, -0.1) is 0 Å². The second kappa shape index (κ2) is 6.33. The van der Waals surface area contributed by atoms with E-state index in [-0.39, 0.29) is 5.56 Å². The molecule has 0 spiro atoms. The number of aromatic nitrogens is 3. The normalized spacial score (nSPS) is 10.8. The van der Waals surface area contributed by atoms with Crippen LogP contribution in [0, 0.1) is 0 Å². The van der Waals surface area contributed by atoms with Gasteiger partial charge in [0.2, 0.25) is 0 Å². The van der Waals surface area contributed by atoms with Crippen LogP contribution in [0.3, 0.4) is 0 Å². The molecule has 0 saturated carbocycles. The molecule has 4 rings (SSSR count). The van der Waals surface area contributed by atoms with E-state index in [1.54, 1.807) is 7.11 Å². The minimum atomic E-state index is -0.999. The molecule has 6 nitrogen and oxygen atoms in total. The molecule has 128 valence electrons. The van der Waals surface area contributed by atoms with Gasteiger partial charge in [-0.2, -0.15) is 0 Å².